The largest absolute Gasteiger partial charge is 0.484 e. The third-order valence-corrected chi connectivity index (χ3v) is 8.65. The summed E-state index contributed by atoms with van der Waals surface area (Å²) in [6, 6.07) is 13.5. The molecular weight excluding hydrogens is 512 g/mol. The molecule has 0 amide bonds. The van der Waals surface area contributed by atoms with Crippen LogP contribution in [0.15, 0.2) is 58.7 Å². The maximum absolute atomic E-state index is 10.7. The van der Waals surface area contributed by atoms with E-state index in [1.54, 1.807) is 49.2 Å². The monoisotopic (exact) mass is 541 g/mol. The second kappa shape index (κ2) is 13.6. The van der Waals surface area contributed by atoms with Crippen LogP contribution >= 0.6 is 15.1 Å². The lowest BCUT2D eigenvalue weighted by Crippen LogP contribution is -2.28. The SMILES string of the molecule is CCC(C)(N=[N+]=[N-])Oc1ccc(/C=N/N(C)[PH](=S)C(C)Oc2ccc(C(O)O[PH](=O)O)cc2)cc1. The Kier molecular flexibility index (Phi) is 11.2. The molecule has 0 spiro atoms. The predicted molar refractivity (Wildman–Crippen MR) is 140 cm³/mol. The van der Waals surface area contributed by atoms with E-state index in [1.807, 2.05) is 26.0 Å². The van der Waals surface area contributed by atoms with Crippen LogP contribution in [0, 0.1) is 0 Å². The molecule has 2 aromatic carbocycles. The van der Waals surface area contributed by atoms with Crippen molar-refractivity contribution in [1.29, 1.82) is 0 Å². The van der Waals surface area contributed by atoms with Gasteiger partial charge in [0.25, 0.3) is 0 Å². The average Bonchev–Trinajstić information content (AvgIpc) is 2.83. The number of hydrogen-bond acceptors (Lipinski definition) is 8. The van der Waals surface area contributed by atoms with Gasteiger partial charge in [-0.2, -0.15) is 5.10 Å². The molecule has 0 saturated heterocycles. The van der Waals surface area contributed by atoms with E-state index in [0.717, 1.165) is 5.56 Å². The van der Waals surface area contributed by atoms with Gasteiger partial charge in [0.1, 0.15) is 17.3 Å². The molecule has 2 rings (SSSR count). The van der Waals surface area contributed by atoms with Crippen molar-refractivity contribution in [2.75, 3.05) is 7.05 Å². The van der Waals surface area contributed by atoms with E-state index in [-0.39, 0.29) is 5.85 Å². The van der Waals surface area contributed by atoms with E-state index in [9.17, 15) is 9.67 Å². The Morgan fingerprint density at radius 1 is 1.23 bits per heavy atom. The number of hydrazone groups is 1. The van der Waals surface area contributed by atoms with Crippen molar-refractivity contribution < 1.29 is 28.6 Å². The van der Waals surface area contributed by atoms with Crippen LogP contribution < -0.4 is 9.47 Å². The molecule has 0 aliphatic rings. The standard InChI is InChI=1S/C21H29N5O6P2S/c1-5-21(3,24-25-22)31-19-10-6-16(7-11-19)14-23-26(4)33(35)15(2)30-18-12-8-17(9-13-18)20(27)32-34(28)29/h6-15,20,27,33-34H,5H2,1-4H3,(H,28,29)/b23-14+. The minimum Gasteiger partial charge on any atom is -0.484 e. The molecule has 0 fully saturated rings. The number of nitrogens with zero attached hydrogens (tertiary/aromatic N) is 5. The van der Waals surface area contributed by atoms with E-state index < -0.39 is 27.1 Å². The van der Waals surface area contributed by atoms with Crippen LogP contribution in [0.4, 0.5) is 0 Å². The molecule has 11 nitrogen and oxygen atoms in total. The minimum atomic E-state index is -3.25. The van der Waals surface area contributed by atoms with Crippen molar-refractivity contribution in [2.24, 2.45) is 10.2 Å². The van der Waals surface area contributed by atoms with Gasteiger partial charge in [-0.1, -0.05) is 30.9 Å². The Bertz CT molecular complexity index is 1100. The van der Waals surface area contributed by atoms with Crippen molar-refractivity contribution in [3.63, 3.8) is 0 Å². The third-order valence-electron chi connectivity index (χ3n) is 4.87. The smallest absolute Gasteiger partial charge is 0.319 e. The van der Waals surface area contributed by atoms with Crippen LogP contribution in [-0.2, 0) is 20.9 Å². The third kappa shape index (κ3) is 9.28. The summed E-state index contributed by atoms with van der Waals surface area (Å²) in [5, 5.41) is 17.9. The summed E-state index contributed by atoms with van der Waals surface area (Å²) in [6.07, 6.45) is 0.727. The zero-order chi connectivity index (χ0) is 26.0. The second-order valence-corrected chi connectivity index (χ2v) is 11.7. The summed E-state index contributed by atoms with van der Waals surface area (Å²) >= 11 is 5.64. The molecule has 2 N–H and O–H groups in total. The molecule has 5 unspecified atom stereocenters. The molecule has 5 atom stereocenters. The highest BCUT2D eigenvalue weighted by Gasteiger charge is 2.22. The lowest BCUT2D eigenvalue weighted by molar-refractivity contribution is -0.0207. The van der Waals surface area contributed by atoms with Crippen LogP contribution in [0.3, 0.4) is 0 Å². The van der Waals surface area contributed by atoms with Crippen molar-refractivity contribution in [1.82, 2.24) is 4.78 Å². The number of rotatable bonds is 13. The van der Waals surface area contributed by atoms with E-state index >= 15 is 0 Å². The summed E-state index contributed by atoms with van der Waals surface area (Å²) in [5.74, 6) is 0.810. The van der Waals surface area contributed by atoms with Gasteiger partial charge in [0, 0.05) is 17.5 Å². The molecule has 0 aromatic heterocycles. The number of ether oxygens (including phenoxy) is 2. The minimum absolute atomic E-state index is 0.304. The molecule has 0 heterocycles. The fraction of sp³-hybridized carbons (Fsp3) is 0.381. The van der Waals surface area contributed by atoms with Gasteiger partial charge in [-0.05, 0) is 72.9 Å². The molecule has 35 heavy (non-hydrogen) atoms. The van der Waals surface area contributed by atoms with E-state index in [4.69, 9.17) is 31.7 Å². The van der Waals surface area contributed by atoms with Crippen LogP contribution in [0.1, 0.15) is 44.6 Å². The van der Waals surface area contributed by atoms with Gasteiger partial charge in [0.2, 0.25) is 0 Å². The maximum atomic E-state index is 10.7. The van der Waals surface area contributed by atoms with Crippen LogP contribution in [0.5, 0.6) is 11.5 Å². The number of aliphatic hydroxyl groups excluding tert-OH is 1. The van der Waals surface area contributed by atoms with Gasteiger partial charge in [-0.3, -0.25) is 13.9 Å². The van der Waals surface area contributed by atoms with Crippen molar-refractivity contribution in [3.8, 4) is 11.5 Å². The molecule has 190 valence electrons. The average molecular weight is 542 g/mol. The number of benzene rings is 2. The summed E-state index contributed by atoms with van der Waals surface area (Å²) in [5.41, 5.74) is 8.93. The Morgan fingerprint density at radius 2 is 1.83 bits per heavy atom. The number of azide groups is 1. The number of aliphatic hydroxyl groups is 1. The molecule has 0 aliphatic heterocycles. The fourth-order valence-corrected chi connectivity index (χ4v) is 4.28. The number of hydrogen-bond donors (Lipinski definition) is 2. The molecular formula is C21H29N5O6P2S. The van der Waals surface area contributed by atoms with E-state index in [2.05, 4.69) is 19.7 Å². The molecule has 0 saturated carbocycles. The van der Waals surface area contributed by atoms with Gasteiger partial charge in [-0.25, -0.2) is 0 Å². The summed E-state index contributed by atoms with van der Waals surface area (Å²) in [6.45, 7) is 3.85. The van der Waals surface area contributed by atoms with Crippen molar-refractivity contribution >= 4 is 33.1 Å². The van der Waals surface area contributed by atoms with E-state index in [1.165, 1.54) is 12.1 Å². The first-order valence-corrected chi connectivity index (χ1v) is 14.5. The Morgan fingerprint density at radius 3 is 2.37 bits per heavy atom. The predicted octanol–water partition coefficient (Wildman–Crippen LogP) is 5.17. The van der Waals surface area contributed by atoms with E-state index in [0.29, 0.717) is 23.5 Å². The second-order valence-electron chi connectivity index (χ2n) is 7.56. The highest BCUT2D eigenvalue weighted by atomic mass is 32.4. The summed E-state index contributed by atoms with van der Waals surface area (Å²) in [4.78, 5) is 11.6. The molecule has 2 aromatic rings. The zero-order valence-corrected chi connectivity index (χ0v) is 22.5. The van der Waals surface area contributed by atoms with Gasteiger partial charge in [0.05, 0.1) is 13.1 Å². The maximum Gasteiger partial charge on any atom is 0.319 e. The zero-order valence-electron chi connectivity index (χ0n) is 19.7. The first-order chi connectivity index (χ1) is 16.6. The van der Waals surface area contributed by atoms with Gasteiger partial charge in [-0.15, -0.1) is 0 Å². The first kappa shape index (κ1) is 28.8. The quantitative estimate of drug-likeness (QED) is 0.0671. The normalized spacial score (nSPS) is 16.4. The lowest BCUT2D eigenvalue weighted by atomic mass is 10.2. The lowest BCUT2D eigenvalue weighted by Gasteiger charge is -2.24. The van der Waals surface area contributed by atoms with Gasteiger partial charge in [0.15, 0.2) is 12.0 Å². The van der Waals surface area contributed by atoms with Crippen molar-refractivity contribution in [3.05, 3.63) is 70.1 Å². The fourth-order valence-electron chi connectivity index (χ4n) is 2.74. The Balaban J connectivity index is 1.94. The molecule has 0 bridgehead atoms. The van der Waals surface area contributed by atoms with Gasteiger partial charge < -0.3 is 19.5 Å². The molecule has 0 aliphatic carbocycles. The first-order valence-electron chi connectivity index (χ1n) is 10.6. The summed E-state index contributed by atoms with van der Waals surface area (Å²) in [7, 11) is -1.46. The Labute approximate surface area is 210 Å². The highest BCUT2D eigenvalue weighted by Crippen LogP contribution is 2.34. The highest BCUT2D eigenvalue weighted by molar-refractivity contribution is 8.04. The van der Waals surface area contributed by atoms with Gasteiger partial charge >= 0.3 is 8.25 Å². The van der Waals surface area contributed by atoms with Crippen LogP contribution in [0.25, 0.3) is 10.4 Å². The Hall–Kier alpha value is -2.42. The topological polar surface area (TPSA) is 150 Å². The molecule has 14 heteroatoms. The summed E-state index contributed by atoms with van der Waals surface area (Å²) < 4.78 is 28.6. The van der Waals surface area contributed by atoms with Crippen LogP contribution in [-0.4, -0.2) is 39.6 Å². The molecule has 0 radical (unpaired) electrons. The van der Waals surface area contributed by atoms with Crippen LogP contribution in [0.2, 0.25) is 0 Å². The van der Waals surface area contributed by atoms with Crippen molar-refractivity contribution in [2.45, 2.75) is 45.1 Å².